The van der Waals surface area contributed by atoms with Crippen LogP contribution in [-0.2, 0) is 11.3 Å². The highest BCUT2D eigenvalue weighted by Gasteiger charge is 2.39. The first kappa shape index (κ1) is 19.4. The van der Waals surface area contributed by atoms with E-state index in [1.54, 1.807) is 42.7 Å². The van der Waals surface area contributed by atoms with Gasteiger partial charge in [0.05, 0.1) is 6.10 Å². The van der Waals surface area contributed by atoms with Gasteiger partial charge in [0.15, 0.2) is 0 Å². The van der Waals surface area contributed by atoms with Gasteiger partial charge in [-0.2, -0.15) is 0 Å². The van der Waals surface area contributed by atoms with E-state index in [0.717, 1.165) is 16.3 Å². The Bertz CT molecular complexity index is 1050. The molecular weight excluding hydrogens is 390 g/mol. The number of fused-ring (bicyclic) bond motifs is 1. The molecule has 2 amide bonds. The van der Waals surface area contributed by atoms with E-state index in [1.165, 1.54) is 4.90 Å². The second-order valence-corrected chi connectivity index (χ2v) is 7.55. The molecule has 1 aliphatic rings. The van der Waals surface area contributed by atoms with Crippen molar-refractivity contribution >= 4 is 34.2 Å². The summed E-state index contributed by atoms with van der Waals surface area (Å²) in [6, 6.07) is 13.7. The normalized spacial score (nSPS) is 18.8. The standard InChI is InChI=1S/C22H20ClN3O3/c23-16-6-4-14(5-7-16)11-25-21(28)20-10-17(27)13-26(20)22(29)19-3-1-2-15-12-24-9-8-18(15)19/h1-9,12,17,20,27H,10-11,13H2,(H,25,28)/t17-,20+/m1/s1. The van der Waals surface area contributed by atoms with E-state index in [2.05, 4.69) is 10.3 Å². The summed E-state index contributed by atoms with van der Waals surface area (Å²) in [5.41, 5.74) is 1.40. The minimum absolute atomic E-state index is 0.124. The number of carbonyl (C=O) groups is 2. The SMILES string of the molecule is O=C(NCc1ccc(Cl)cc1)[C@@H]1C[C@@H](O)CN1C(=O)c1cccc2cnccc12. The number of carbonyl (C=O) groups excluding carboxylic acids is 2. The number of aliphatic hydroxyl groups is 1. The molecule has 1 fully saturated rings. The highest BCUT2D eigenvalue weighted by molar-refractivity contribution is 6.30. The van der Waals surface area contributed by atoms with E-state index < -0.39 is 12.1 Å². The second kappa shape index (κ2) is 8.19. The zero-order chi connectivity index (χ0) is 20.4. The number of amides is 2. The molecular formula is C22H20ClN3O3. The van der Waals surface area contributed by atoms with Gasteiger partial charge in [0.1, 0.15) is 6.04 Å². The maximum atomic E-state index is 13.2. The fraction of sp³-hybridized carbons (Fsp3) is 0.227. The van der Waals surface area contributed by atoms with Gasteiger partial charge < -0.3 is 15.3 Å². The maximum absolute atomic E-state index is 13.2. The van der Waals surface area contributed by atoms with Gasteiger partial charge in [-0.05, 0) is 35.2 Å². The van der Waals surface area contributed by atoms with Crippen molar-refractivity contribution in [3.8, 4) is 0 Å². The van der Waals surface area contributed by atoms with E-state index >= 15 is 0 Å². The molecule has 2 aromatic carbocycles. The number of halogens is 1. The summed E-state index contributed by atoms with van der Waals surface area (Å²) in [5, 5.41) is 15.2. The summed E-state index contributed by atoms with van der Waals surface area (Å²) in [6.45, 7) is 0.448. The van der Waals surface area contributed by atoms with Crippen LogP contribution in [0.15, 0.2) is 60.9 Å². The maximum Gasteiger partial charge on any atom is 0.255 e. The van der Waals surface area contributed by atoms with Crippen molar-refractivity contribution in [2.75, 3.05) is 6.54 Å². The van der Waals surface area contributed by atoms with Gasteiger partial charge in [-0.25, -0.2) is 0 Å². The zero-order valence-electron chi connectivity index (χ0n) is 15.6. The molecule has 2 atom stereocenters. The van der Waals surface area contributed by atoms with E-state index in [-0.39, 0.29) is 24.8 Å². The predicted molar refractivity (Wildman–Crippen MR) is 110 cm³/mol. The van der Waals surface area contributed by atoms with Crippen LogP contribution in [0.5, 0.6) is 0 Å². The highest BCUT2D eigenvalue weighted by Crippen LogP contribution is 2.25. The van der Waals surface area contributed by atoms with Crippen LogP contribution in [0.4, 0.5) is 0 Å². The van der Waals surface area contributed by atoms with E-state index in [1.807, 2.05) is 18.2 Å². The number of nitrogens with one attached hydrogen (secondary N) is 1. The summed E-state index contributed by atoms with van der Waals surface area (Å²) >= 11 is 5.88. The third kappa shape index (κ3) is 4.09. The van der Waals surface area contributed by atoms with Crippen LogP contribution in [0.3, 0.4) is 0 Å². The number of likely N-dealkylation sites (tertiary alicyclic amines) is 1. The quantitative estimate of drug-likeness (QED) is 0.694. The fourth-order valence-electron chi connectivity index (χ4n) is 3.66. The molecule has 29 heavy (non-hydrogen) atoms. The van der Waals surface area contributed by atoms with Crippen molar-refractivity contribution in [1.29, 1.82) is 0 Å². The molecule has 2 N–H and O–H groups in total. The molecule has 148 valence electrons. The lowest BCUT2D eigenvalue weighted by Crippen LogP contribution is -2.45. The molecule has 6 nitrogen and oxygen atoms in total. The van der Waals surface area contributed by atoms with Crippen LogP contribution >= 0.6 is 11.6 Å². The number of hydrogen-bond donors (Lipinski definition) is 2. The van der Waals surface area contributed by atoms with E-state index in [9.17, 15) is 14.7 Å². The molecule has 1 aromatic heterocycles. The van der Waals surface area contributed by atoms with Gasteiger partial charge in [0.25, 0.3) is 5.91 Å². The van der Waals surface area contributed by atoms with Gasteiger partial charge in [0.2, 0.25) is 5.91 Å². The van der Waals surface area contributed by atoms with Crippen molar-refractivity contribution in [3.05, 3.63) is 77.1 Å². The lowest BCUT2D eigenvalue weighted by molar-refractivity contribution is -0.125. The summed E-state index contributed by atoms with van der Waals surface area (Å²) in [7, 11) is 0. The number of hydrogen-bond acceptors (Lipinski definition) is 4. The second-order valence-electron chi connectivity index (χ2n) is 7.11. The van der Waals surface area contributed by atoms with Gasteiger partial charge >= 0.3 is 0 Å². The Morgan fingerprint density at radius 1 is 1.17 bits per heavy atom. The Hall–Kier alpha value is -2.96. The summed E-state index contributed by atoms with van der Waals surface area (Å²) < 4.78 is 0. The van der Waals surface area contributed by atoms with Crippen LogP contribution in [-0.4, -0.2) is 45.5 Å². The van der Waals surface area contributed by atoms with E-state index in [4.69, 9.17) is 11.6 Å². The highest BCUT2D eigenvalue weighted by atomic mass is 35.5. The average Bonchev–Trinajstić information content (AvgIpc) is 3.14. The Labute approximate surface area is 173 Å². The largest absolute Gasteiger partial charge is 0.391 e. The molecule has 0 saturated carbocycles. The third-order valence-electron chi connectivity index (χ3n) is 5.13. The van der Waals surface area contributed by atoms with Gasteiger partial charge in [-0.15, -0.1) is 0 Å². The molecule has 1 aliphatic heterocycles. The molecule has 0 bridgehead atoms. The van der Waals surface area contributed by atoms with Crippen LogP contribution < -0.4 is 5.32 Å². The molecule has 2 heterocycles. The third-order valence-corrected chi connectivity index (χ3v) is 5.39. The van der Waals surface area contributed by atoms with Crippen LogP contribution in [0, 0.1) is 0 Å². The number of pyridine rings is 1. The Morgan fingerprint density at radius 2 is 1.97 bits per heavy atom. The Kier molecular flexibility index (Phi) is 5.47. The van der Waals surface area contributed by atoms with E-state index in [0.29, 0.717) is 17.1 Å². The van der Waals surface area contributed by atoms with Gasteiger partial charge in [-0.3, -0.25) is 14.6 Å². The number of aromatic nitrogens is 1. The zero-order valence-corrected chi connectivity index (χ0v) is 16.3. The smallest absolute Gasteiger partial charge is 0.255 e. The Morgan fingerprint density at radius 3 is 2.76 bits per heavy atom. The van der Waals surface area contributed by atoms with Crippen molar-refractivity contribution in [2.24, 2.45) is 0 Å². The average molecular weight is 410 g/mol. The summed E-state index contributed by atoms with van der Waals surface area (Å²) in [6.07, 6.45) is 2.81. The fourth-order valence-corrected chi connectivity index (χ4v) is 3.79. The first-order valence-electron chi connectivity index (χ1n) is 9.37. The molecule has 0 spiro atoms. The first-order valence-corrected chi connectivity index (χ1v) is 9.74. The monoisotopic (exact) mass is 409 g/mol. The topological polar surface area (TPSA) is 82.5 Å². The van der Waals surface area contributed by atoms with Crippen molar-refractivity contribution < 1.29 is 14.7 Å². The lowest BCUT2D eigenvalue weighted by atomic mass is 10.0. The molecule has 3 aromatic rings. The van der Waals surface area contributed by atoms with Crippen LogP contribution in [0.25, 0.3) is 10.8 Å². The van der Waals surface area contributed by atoms with Crippen molar-refractivity contribution in [1.82, 2.24) is 15.2 Å². The molecule has 0 aliphatic carbocycles. The predicted octanol–water partition coefficient (Wildman–Crippen LogP) is 2.78. The number of rotatable bonds is 4. The van der Waals surface area contributed by atoms with Gasteiger partial charge in [0, 0.05) is 47.9 Å². The number of aliphatic hydroxyl groups excluding tert-OH is 1. The molecule has 0 radical (unpaired) electrons. The summed E-state index contributed by atoms with van der Waals surface area (Å²) in [5.74, 6) is -0.559. The van der Waals surface area contributed by atoms with Crippen LogP contribution in [0.1, 0.15) is 22.3 Å². The Balaban J connectivity index is 1.53. The molecule has 0 unspecified atom stereocenters. The minimum atomic E-state index is -0.734. The molecule has 7 heteroatoms. The van der Waals surface area contributed by atoms with Gasteiger partial charge in [-0.1, -0.05) is 35.9 Å². The lowest BCUT2D eigenvalue weighted by Gasteiger charge is -2.24. The number of β-amino-alcohol motifs (C(OH)–C–C–N with tert-alkyl or cyclic N) is 1. The van der Waals surface area contributed by atoms with Crippen LogP contribution in [0.2, 0.25) is 5.02 Å². The minimum Gasteiger partial charge on any atom is -0.391 e. The first-order chi connectivity index (χ1) is 14.0. The molecule has 4 rings (SSSR count). The summed E-state index contributed by atoms with van der Waals surface area (Å²) in [4.78, 5) is 31.6. The van der Waals surface area contributed by atoms with Crippen molar-refractivity contribution in [2.45, 2.75) is 25.1 Å². The molecule has 1 saturated heterocycles. The van der Waals surface area contributed by atoms with Crippen molar-refractivity contribution in [3.63, 3.8) is 0 Å². The number of nitrogens with zero attached hydrogens (tertiary/aromatic N) is 2. The number of benzene rings is 2.